The van der Waals surface area contributed by atoms with Gasteiger partial charge in [0.2, 0.25) is 0 Å². The van der Waals surface area contributed by atoms with Crippen molar-refractivity contribution in [3.05, 3.63) is 0 Å². The van der Waals surface area contributed by atoms with Crippen LogP contribution in [0, 0.1) is 11.8 Å². The van der Waals surface area contributed by atoms with Gasteiger partial charge in [0, 0.05) is 6.54 Å². The number of aliphatic hydroxyl groups is 1. The van der Waals surface area contributed by atoms with Crippen molar-refractivity contribution in [2.24, 2.45) is 11.8 Å². The standard InChI is InChI=1S/C13H27NO/c1-4-11-5-7-12(8-6-11)9-14-10-13(2,3)15/h11-12,14-15H,4-10H2,1-3H3. The fraction of sp³-hybridized carbons (Fsp3) is 1.00. The molecule has 1 rings (SSSR count). The Morgan fingerprint density at radius 3 is 2.13 bits per heavy atom. The highest BCUT2D eigenvalue weighted by molar-refractivity contribution is 4.75. The van der Waals surface area contributed by atoms with Crippen molar-refractivity contribution in [2.75, 3.05) is 13.1 Å². The Morgan fingerprint density at radius 1 is 1.13 bits per heavy atom. The first kappa shape index (κ1) is 13.0. The Bertz CT molecular complexity index is 166. The number of rotatable bonds is 5. The van der Waals surface area contributed by atoms with Crippen LogP contribution in [-0.4, -0.2) is 23.8 Å². The zero-order chi connectivity index (χ0) is 11.3. The molecular formula is C13H27NO. The van der Waals surface area contributed by atoms with Crippen LogP contribution in [0.3, 0.4) is 0 Å². The van der Waals surface area contributed by atoms with Crippen LogP contribution < -0.4 is 5.32 Å². The molecule has 2 heteroatoms. The van der Waals surface area contributed by atoms with E-state index in [1.807, 2.05) is 13.8 Å². The summed E-state index contributed by atoms with van der Waals surface area (Å²) in [4.78, 5) is 0. The van der Waals surface area contributed by atoms with Crippen LogP contribution in [0.25, 0.3) is 0 Å². The van der Waals surface area contributed by atoms with Crippen LogP contribution in [0.4, 0.5) is 0 Å². The maximum atomic E-state index is 9.56. The lowest BCUT2D eigenvalue weighted by molar-refractivity contribution is 0.0776. The molecule has 0 bridgehead atoms. The maximum absolute atomic E-state index is 9.56. The van der Waals surface area contributed by atoms with E-state index in [1.165, 1.54) is 32.1 Å². The summed E-state index contributed by atoms with van der Waals surface area (Å²) >= 11 is 0. The smallest absolute Gasteiger partial charge is 0.0715 e. The normalized spacial score (nSPS) is 28.0. The summed E-state index contributed by atoms with van der Waals surface area (Å²) in [5.74, 6) is 1.82. The fourth-order valence-corrected chi connectivity index (χ4v) is 2.43. The van der Waals surface area contributed by atoms with Crippen LogP contribution in [-0.2, 0) is 0 Å². The summed E-state index contributed by atoms with van der Waals surface area (Å²) in [5.41, 5.74) is -0.569. The van der Waals surface area contributed by atoms with Crippen molar-refractivity contribution in [2.45, 2.75) is 58.5 Å². The SMILES string of the molecule is CCC1CCC(CNCC(C)(C)O)CC1. The van der Waals surface area contributed by atoms with Crippen LogP contribution in [0.15, 0.2) is 0 Å². The summed E-state index contributed by atoms with van der Waals surface area (Å²) in [7, 11) is 0. The number of hydrogen-bond acceptors (Lipinski definition) is 2. The molecule has 15 heavy (non-hydrogen) atoms. The zero-order valence-corrected chi connectivity index (χ0v) is 10.6. The van der Waals surface area contributed by atoms with E-state index < -0.39 is 5.60 Å². The van der Waals surface area contributed by atoms with Crippen molar-refractivity contribution in [1.82, 2.24) is 5.32 Å². The third-order valence-corrected chi connectivity index (χ3v) is 3.53. The van der Waals surface area contributed by atoms with Crippen LogP contribution in [0.1, 0.15) is 52.9 Å². The van der Waals surface area contributed by atoms with Gasteiger partial charge in [-0.3, -0.25) is 0 Å². The van der Waals surface area contributed by atoms with Gasteiger partial charge in [-0.05, 0) is 45.1 Å². The minimum Gasteiger partial charge on any atom is -0.389 e. The predicted octanol–water partition coefficient (Wildman–Crippen LogP) is 2.56. The van der Waals surface area contributed by atoms with E-state index in [0.717, 1.165) is 18.4 Å². The zero-order valence-electron chi connectivity index (χ0n) is 10.6. The molecule has 1 fully saturated rings. The molecule has 0 aliphatic heterocycles. The molecule has 1 aliphatic carbocycles. The first-order valence-corrected chi connectivity index (χ1v) is 6.44. The quantitative estimate of drug-likeness (QED) is 0.735. The molecule has 0 aromatic heterocycles. The summed E-state index contributed by atoms with van der Waals surface area (Å²) in [5, 5.41) is 12.9. The maximum Gasteiger partial charge on any atom is 0.0715 e. The molecule has 2 N–H and O–H groups in total. The van der Waals surface area contributed by atoms with E-state index in [4.69, 9.17) is 0 Å². The van der Waals surface area contributed by atoms with E-state index in [9.17, 15) is 5.11 Å². The second-order valence-electron chi connectivity index (χ2n) is 5.74. The Hall–Kier alpha value is -0.0800. The van der Waals surface area contributed by atoms with E-state index in [2.05, 4.69) is 12.2 Å². The molecule has 0 unspecified atom stereocenters. The Kier molecular flexibility index (Phi) is 5.07. The van der Waals surface area contributed by atoms with Gasteiger partial charge < -0.3 is 10.4 Å². The lowest BCUT2D eigenvalue weighted by Crippen LogP contribution is -2.37. The van der Waals surface area contributed by atoms with Gasteiger partial charge >= 0.3 is 0 Å². The molecule has 0 saturated heterocycles. The number of nitrogens with one attached hydrogen (secondary N) is 1. The van der Waals surface area contributed by atoms with Crippen molar-refractivity contribution in [3.8, 4) is 0 Å². The van der Waals surface area contributed by atoms with Crippen molar-refractivity contribution in [3.63, 3.8) is 0 Å². The second kappa shape index (κ2) is 5.86. The molecule has 0 amide bonds. The minimum absolute atomic E-state index is 0.569. The van der Waals surface area contributed by atoms with Crippen LogP contribution in [0.5, 0.6) is 0 Å². The minimum atomic E-state index is -0.569. The predicted molar refractivity (Wildman–Crippen MR) is 64.9 cm³/mol. The van der Waals surface area contributed by atoms with Crippen molar-refractivity contribution >= 4 is 0 Å². The summed E-state index contributed by atoms with van der Waals surface area (Å²) in [6.45, 7) is 7.81. The third-order valence-electron chi connectivity index (χ3n) is 3.53. The van der Waals surface area contributed by atoms with Gasteiger partial charge in [-0.2, -0.15) is 0 Å². The molecule has 0 radical (unpaired) electrons. The molecule has 0 aromatic carbocycles. The van der Waals surface area contributed by atoms with Crippen LogP contribution >= 0.6 is 0 Å². The second-order valence-corrected chi connectivity index (χ2v) is 5.74. The van der Waals surface area contributed by atoms with Gasteiger partial charge in [-0.15, -0.1) is 0 Å². The highest BCUT2D eigenvalue weighted by atomic mass is 16.3. The average Bonchev–Trinajstić information content (AvgIpc) is 2.17. The molecular weight excluding hydrogens is 186 g/mol. The highest BCUT2D eigenvalue weighted by Crippen LogP contribution is 2.30. The Balaban J connectivity index is 2.09. The number of hydrogen-bond donors (Lipinski definition) is 2. The highest BCUT2D eigenvalue weighted by Gasteiger charge is 2.20. The topological polar surface area (TPSA) is 32.3 Å². The fourth-order valence-electron chi connectivity index (χ4n) is 2.43. The average molecular weight is 213 g/mol. The molecule has 1 aliphatic rings. The monoisotopic (exact) mass is 213 g/mol. The molecule has 0 heterocycles. The van der Waals surface area contributed by atoms with Gasteiger partial charge in [0.25, 0.3) is 0 Å². The third kappa shape index (κ3) is 5.53. The van der Waals surface area contributed by atoms with Crippen molar-refractivity contribution in [1.29, 1.82) is 0 Å². The van der Waals surface area contributed by atoms with E-state index in [0.29, 0.717) is 6.54 Å². The molecule has 0 aromatic rings. The Labute approximate surface area is 94.5 Å². The summed E-state index contributed by atoms with van der Waals surface area (Å²) in [6.07, 6.45) is 6.91. The lowest BCUT2D eigenvalue weighted by Gasteiger charge is -2.28. The van der Waals surface area contributed by atoms with E-state index in [-0.39, 0.29) is 0 Å². The largest absolute Gasteiger partial charge is 0.389 e. The molecule has 1 saturated carbocycles. The van der Waals surface area contributed by atoms with Crippen LogP contribution in [0.2, 0.25) is 0 Å². The lowest BCUT2D eigenvalue weighted by atomic mass is 9.81. The first-order chi connectivity index (χ1) is 7.01. The van der Waals surface area contributed by atoms with E-state index >= 15 is 0 Å². The molecule has 2 nitrogen and oxygen atoms in total. The summed E-state index contributed by atoms with van der Waals surface area (Å²) < 4.78 is 0. The summed E-state index contributed by atoms with van der Waals surface area (Å²) in [6, 6.07) is 0. The van der Waals surface area contributed by atoms with Gasteiger partial charge in [0.05, 0.1) is 5.60 Å². The van der Waals surface area contributed by atoms with Gasteiger partial charge in [0.1, 0.15) is 0 Å². The van der Waals surface area contributed by atoms with Gasteiger partial charge in [0.15, 0.2) is 0 Å². The van der Waals surface area contributed by atoms with Crippen molar-refractivity contribution < 1.29 is 5.11 Å². The van der Waals surface area contributed by atoms with E-state index in [1.54, 1.807) is 0 Å². The molecule has 0 atom stereocenters. The molecule has 0 spiro atoms. The van der Waals surface area contributed by atoms with Gasteiger partial charge in [-0.25, -0.2) is 0 Å². The van der Waals surface area contributed by atoms with Gasteiger partial charge in [-0.1, -0.05) is 26.2 Å². The first-order valence-electron chi connectivity index (χ1n) is 6.44. The Morgan fingerprint density at radius 2 is 1.67 bits per heavy atom. The molecule has 90 valence electrons.